The lowest BCUT2D eigenvalue weighted by molar-refractivity contribution is 0.572. The molecule has 1 aliphatic heterocycles. The summed E-state index contributed by atoms with van der Waals surface area (Å²) in [4.78, 5) is 3.68. The van der Waals surface area contributed by atoms with Gasteiger partial charge in [-0.1, -0.05) is 0 Å². The number of halogens is 1. The topological polar surface area (TPSA) is 24.9 Å². The number of rotatable bonds is 1. The lowest BCUT2D eigenvalue weighted by Gasteiger charge is -2.12. The van der Waals surface area contributed by atoms with Crippen molar-refractivity contribution in [2.24, 2.45) is 0 Å². The number of pyridine rings is 1. The van der Waals surface area contributed by atoms with Crippen LogP contribution < -0.4 is 5.32 Å². The van der Waals surface area contributed by atoms with Crippen molar-refractivity contribution in [1.82, 2.24) is 10.3 Å². The third-order valence-electron chi connectivity index (χ3n) is 2.55. The Morgan fingerprint density at radius 2 is 2.46 bits per heavy atom. The number of hydrogen-bond donors (Lipinski definition) is 1. The van der Waals surface area contributed by atoms with E-state index in [2.05, 4.69) is 10.3 Å². The van der Waals surface area contributed by atoms with E-state index in [9.17, 15) is 4.39 Å². The van der Waals surface area contributed by atoms with Crippen molar-refractivity contribution >= 4 is 0 Å². The molecule has 1 aromatic heterocycles. The molecule has 2 heterocycles. The van der Waals surface area contributed by atoms with Gasteiger partial charge in [-0.25, -0.2) is 4.98 Å². The molecule has 2 nitrogen and oxygen atoms in total. The maximum Gasteiger partial charge on any atom is 0.213 e. The van der Waals surface area contributed by atoms with E-state index >= 15 is 0 Å². The molecule has 0 bridgehead atoms. The van der Waals surface area contributed by atoms with Gasteiger partial charge in [0.15, 0.2) is 0 Å². The van der Waals surface area contributed by atoms with Crippen molar-refractivity contribution < 1.29 is 4.39 Å². The number of nitrogens with zero attached hydrogens (tertiary/aromatic N) is 1. The maximum atomic E-state index is 12.7. The van der Waals surface area contributed by atoms with Gasteiger partial charge in [0.25, 0.3) is 0 Å². The zero-order valence-electron chi connectivity index (χ0n) is 7.68. The van der Waals surface area contributed by atoms with Crippen LogP contribution in [0.15, 0.2) is 12.3 Å². The first-order valence-corrected chi connectivity index (χ1v) is 4.63. The van der Waals surface area contributed by atoms with Crippen LogP contribution >= 0.6 is 0 Å². The Morgan fingerprint density at radius 3 is 3.08 bits per heavy atom. The van der Waals surface area contributed by atoms with Gasteiger partial charge in [-0.2, -0.15) is 4.39 Å². The molecule has 13 heavy (non-hydrogen) atoms. The molecule has 0 aromatic carbocycles. The molecule has 1 N–H and O–H groups in total. The van der Waals surface area contributed by atoms with Gasteiger partial charge < -0.3 is 5.32 Å². The Bertz CT molecular complexity index is 306. The molecule has 1 saturated heterocycles. The molecule has 0 unspecified atom stereocenters. The van der Waals surface area contributed by atoms with Crippen LogP contribution in [0.5, 0.6) is 0 Å². The van der Waals surface area contributed by atoms with E-state index in [1.54, 1.807) is 6.20 Å². The third-order valence-corrected chi connectivity index (χ3v) is 2.55. The van der Waals surface area contributed by atoms with Gasteiger partial charge >= 0.3 is 0 Å². The Kier molecular flexibility index (Phi) is 2.27. The molecule has 1 aliphatic rings. The van der Waals surface area contributed by atoms with Crippen molar-refractivity contribution in [3.63, 3.8) is 0 Å². The standard InChI is InChI=1S/C10H13FN2/c1-7-5-10(11)13-6-8(7)9-3-2-4-12-9/h5-6,9,12H,2-4H2,1H3/t9-/m1/s1. The zero-order chi connectivity index (χ0) is 9.26. The predicted molar refractivity (Wildman–Crippen MR) is 48.9 cm³/mol. The number of nitrogens with one attached hydrogen (secondary N) is 1. The summed E-state index contributed by atoms with van der Waals surface area (Å²) in [5, 5.41) is 3.37. The maximum absolute atomic E-state index is 12.7. The molecule has 70 valence electrons. The molecule has 0 aliphatic carbocycles. The van der Waals surface area contributed by atoms with Gasteiger partial charge in [-0.05, 0) is 43.5 Å². The van der Waals surface area contributed by atoms with Crippen LogP contribution in [0, 0.1) is 12.9 Å². The highest BCUT2D eigenvalue weighted by molar-refractivity contribution is 5.26. The van der Waals surface area contributed by atoms with Crippen molar-refractivity contribution in [2.75, 3.05) is 6.54 Å². The molecule has 0 radical (unpaired) electrons. The normalized spacial score (nSPS) is 22.2. The van der Waals surface area contributed by atoms with Gasteiger partial charge in [0.05, 0.1) is 0 Å². The van der Waals surface area contributed by atoms with Crippen LogP contribution in [0.1, 0.15) is 30.0 Å². The van der Waals surface area contributed by atoms with E-state index < -0.39 is 0 Å². The summed E-state index contributed by atoms with van der Waals surface area (Å²) in [6.45, 7) is 2.99. The van der Waals surface area contributed by atoms with Crippen LogP contribution in [0.25, 0.3) is 0 Å². The Balaban J connectivity index is 2.29. The quantitative estimate of drug-likeness (QED) is 0.668. The summed E-state index contributed by atoms with van der Waals surface area (Å²) in [5.41, 5.74) is 2.13. The van der Waals surface area contributed by atoms with Gasteiger partial charge in [-0.15, -0.1) is 0 Å². The van der Waals surface area contributed by atoms with Gasteiger partial charge in [-0.3, -0.25) is 0 Å². The first-order valence-electron chi connectivity index (χ1n) is 4.63. The Labute approximate surface area is 77.2 Å². The molecule has 1 fully saturated rings. The van der Waals surface area contributed by atoms with E-state index in [4.69, 9.17) is 0 Å². The molecule has 1 atom stereocenters. The predicted octanol–water partition coefficient (Wildman–Crippen LogP) is 1.95. The SMILES string of the molecule is Cc1cc(F)ncc1[C@H]1CCCN1. The van der Waals surface area contributed by atoms with E-state index in [1.165, 1.54) is 12.5 Å². The minimum atomic E-state index is -0.390. The summed E-state index contributed by atoms with van der Waals surface area (Å²) in [6.07, 6.45) is 3.98. The minimum absolute atomic E-state index is 0.382. The van der Waals surface area contributed by atoms with Crippen LogP contribution in [0.3, 0.4) is 0 Å². The zero-order valence-corrected chi connectivity index (χ0v) is 7.68. The third kappa shape index (κ3) is 1.70. The van der Waals surface area contributed by atoms with E-state index in [0.29, 0.717) is 6.04 Å². The summed E-state index contributed by atoms with van der Waals surface area (Å²) < 4.78 is 12.7. The molecule has 0 amide bonds. The Morgan fingerprint density at radius 1 is 1.62 bits per heavy atom. The molecule has 1 aromatic rings. The molecule has 3 heteroatoms. The molecule has 2 rings (SSSR count). The average molecular weight is 180 g/mol. The number of aromatic nitrogens is 1. The fraction of sp³-hybridized carbons (Fsp3) is 0.500. The number of hydrogen-bond acceptors (Lipinski definition) is 2. The van der Waals surface area contributed by atoms with Crippen LogP contribution in [-0.4, -0.2) is 11.5 Å². The Hall–Kier alpha value is -0.960. The summed E-state index contributed by atoms with van der Waals surface area (Å²) >= 11 is 0. The monoisotopic (exact) mass is 180 g/mol. The van der Waals surface area contributed by atoms with E-state index in [-0.39, 0.29) is 5.95 Å². The first kappa shape index (κ1) is 8.63. The van der Waals surface area contributed by atoms with Crippen molar-refractivity contribution in [3.8, 4) is 0 Å². The highest BCUT2D eigenvalue weighted by atomic mass is 19.1. The molecular formula is C10H13FN2. The molecular weight excluding hydrogens is 167 g/mol. The lowest BCUT2D eigenvalue weighted by Crippen LogP contribution is -2.14. The van der Waals surface area contributed by atoms with Gasteiger partial charge in [0, 0.05) is 12.2 Å². The van der Waals surface area contributed by atoms with Crippen molar-refractivity contribution in [2.45, 2.75) is 25.8 Å². The van der Waals surface area contributed by atoms with Gasteiger partial charge in [0.2, 0.25) is 5.95 Å². The largest absolute Gasteiger partial charge is 0.310 e. The second-order valence-electron chi connectivity index (χ2n) is 3.51. The molecule has 0 spiro atoms. The second kappa shape index (κ2) is 3.42. The van der Waals surface area contributed by atoms with Crippen molar-refractivity contribution in [1.29, 1.82) is 0 Å². The smallest absolute Gasteiger partial charge is 0.213 e. The lowest BCUT2D eigenvalue weighted by atomic mass is 10.0. The summed E-state index contributed by atoms with van der Waals surface area (Å²) in [7, 11) is 0. The van der Waals surface area contributed by atoms with Crippen LogP contribution in [-0.2, 0) is 0 Å². The van der Waals surface area contributed by atoms with Crippen LogP contribution in [0.4, 0.5) is 4.39 Å². The number of aryl methyl sites for hydroxylation is 1. The fourth-order valence-electron chi connectivity index (χ4n) is 1.85. The van der Waals surface area contributed by atoms with Crippen molar-refractivity contribution in [3.05, 3.63) is 29.3 Å². The second-order valence-corrected chi connectivity index (χ2v) is 3.51. The van der Waals surface area contributed by atoms with E-state index in [0.717, 1.165) is 24.1 Å². The first-order chi connectivity index (χ1) is 6.27. The highest BCUT2D eigenvalue weighted by Gasteiger charge is 2.18. The molecule has 0 saturated carbocycles. The summed E-state index contributed by atoms with van der Waals surface area (Å²) in [5.74, 6) is -0.390. The minimum Gasteiger partial charge on any atom is -0.310 e. The van der Waals surface area contributed by atoms with E-state index in [1.807, 2.05) is 6.92 Å². The average Bonchev–Trinajstić information content (AvgIpc) is 2.56. The highest BCUT2D eigenvalue weighted by Crippen LogP contribution is 2.24. The van der Waals surface area contributed by atoms with Gasteiger partial charge in [0.1, 0.15) is 0 Å². The van der Waals surface area contributed by atoms with Crippen LogP contribution in [0.2, 0.25) is 0 Å². The fourth-order valence-corrected chi connectivity index (χ4v) is 1.85. The summed E-state index contributed by atoms with van der Waals surface area (Å²) in [6, 6.07) is 1.88.